The second-order valence-electron chi connectivity index (χ2n) is 6.88. The number of carbonyl (C=O) groups is 2. The van der Waals surface area contributed by atoms with Crippen LogP contribution in [0.15, 0.2) is 46.2 Å². The number of aryl methyl sites for hydroxylation is 1. The number of anilines is 1. The van der Waals surface area contributed by atoms with Gasteiger partial charge in [0.1, 0.15) is 0 Å². The highest BCUT2D eigenvalue weighted by Gasteiger charge is 2.33. The maximum absolute atomic E-state index is 13.4. The summed E-state index contributed by atoms with van der Waals surface area (Å²) in [5, 5.41) is 10.3. The molecular weight excluding hydrogens is 517 g/mol. The smallest absolute Gasteiger partial charge is 0.268 e. The number of tetrazole rings is 1. The molecule has 0 fully saturated rings. The molecule has 33 heavy (non-hydrogen) atoms. The molecule has 3 rings (SSSR count). The van der Waals surface area contributed by atoms with E-state index in [1.54, 1.807) is 0 Å². The monoisotopic (exact) mass is 531 g/mol. The van der Waals surface area contributed by atoms with E-state index in [0.717, 1.165) is 41.5 Å². The van der Waals surface area contributed by atoms with Crippen LogP contribution in [0, 0.1) is 0 Å². The largest absolute Gasteiger partial charge is 0.269 e. The number of imide groups is 1. The van der Waals surface area contributed by atoms with Crippen LogP contribution in [0.25, 0.3) is 0 Å². The highest BCUT2D eigenvalue weighted by molar-refractivity contribution is 7.91. The number of amides is 2. The van der Waals surface area contributed by atoms with E-state index in [1.165, 1.54) is 19.2 Å². The standard InChI is InChI=1S/C18H15Cl2N5O6S2/c1-24-18(21-22-23-24)25(16(26)12-6-4-10(8-14(12)19)32(2,28)29)17(27)13-7-5-11(9-15(13)20)33(3,30)31/h4-9H,1-3H3. The van der Waals surface area contributed by atoms with Crippen molar-refractivity contribution in [2.24, 2.45) is 7.05 Å². The molecule has 15 heteroatoms. The first-order valence-corrected chi connectivity index (χ1v) is 13.4. The third-order valence-corrected chi connectivity index (χ3v) is 7.25. The first kappa shape index (κ1) is 24.8. The van der Waals surface area contributed by atoms with Crippen molar-refractivity contribution in [1.29, 1.82) is 0 Å². The number of carbonyl (C=O) groups excluding carboxylic acids is 2. The summed E-state index contributed by atoms with van der Waals surface area (Å²) in [6, 6.07) is 6.80. The fourth-order valence-electron chi connectivity index (χ4n) is 2.73. The van der Waals surface area contributed by atoms with Gasteiger partial charge in [0, 0.05) is 19.6 Å². The van der Waals surface area contributed by atoms with E-state index >= 15 is 0 Å². The van der Waals surface area contributed by atoms with E-state index in [9.17, 15) is 26.4 Å². The van der Waals surface area contributed by atoms with Crippen molar-refractivity contribution in [3.05, 3.63) is 57.6 Å². The van der Waals surface area contributed by atoms with Crippen LogP contribution in [0.5, 0.6) is 0 Å². The molecule has 0 aliphatic rings. The van der Waals surface area contributed by atoms with Crippen molar-refractivity contribution in [1.82, 2.24) is 20.2 Å². The van der Waals surface area contributed by atoms with Gasteiger partial charge in [-0.15, -0.1) is 0 Å². The average molecular weight is 532 g/mol. The lowest BCUT2D eigenvalue weighted by Crippen LogP contribution is -2.39. The van der Waals surface area contributed by atoms with E-state index in [4.69, 9.17) is 23.2 Å². The molecule has 2 aromatic carbocycles. The third-order valence-electron chi connectivity index (χ3n) is 4.40. The zero-order valence-corrected chi connectivity index (χ0v) is 20.4. The minimum absolute atomic E-state index is 0.123. The van der Waals surface area contributed by atoms with Crippen LogP contribution in [0.3, 0.4) is 0 Å². The Morgan fingerprint density at radius 2 is 1.27 bits per heavy atom. The van der Waals surface area contributed by atoms with Crippen molar-refractivity contribution in [2.45, 2.75) is 9.79 Å². The van der Waals surface area contributed by atoms with Gasteiger partial charge in [0.25, 0.3) is 17.8 Å². The molecule has 11 nitrogen and oxygen atoms in total. The van der Waals surface area contributed by atoms with Crippen molar-refractivity contribution >= 4 is 60.6 Å². The summed E-state index contributed by atoms with van der Waals surface area (Å²) in [7, 11) is -5.82. The molecule has 0 aliphatic heterocycles. The topological polar surface area (TPSA) is 149 Å². The highest BCUT2D eigenvalue weighted by atomic mass is 35.5. The van der Waals surface area contributed by atoms with Gasteiger partial charge in [-0.2, -0.15) is 0 Å². The van der Waals surface area contributed by atoms with E-state index < -0.39 is 31.5 Å². The average Bonchev–Trinajstić information content (AvgIpc) is 3.11. The summed E-state index contributed by atoms with van der Waals surface area (Å²) in [6.45, 7) is 0. The molecular formula is C18H15Cl2N5O6S2. The van der Waals surface area contributed by atoms with E-state index in [2.05, 4.69) is 15.5 Å². The van der Waals surface area contributed by atoms with Crippen LogP contribution >= 0.6 is 23.2 Å². The van der Waals surface area contributed by atoms with Crippen molar-refractivity contribution in [3.63, 3.8) is 0 Å². The molecule has 1 aromatic heterocycles. The molecule has 0 N–H and O–H groups in total. The summed E-state index contributed by atoms with van der Waals surface area (Å²) in [6.07, 6.45) is 1.95. The van der Waals surface area contributed by atoms with Crippen LogP contribution in [0.1, 0.15) is 20.7 Å². The molecule has 2 amide bonds. The Balaban J connectivity index is 2.14. The Morgan fingerprint density at radius 1 is 0.848 bits per heavy atom. The molecule has 0 spiro atoms. The van der Waals surface area contributed by atoms with Gasteiger partial charge in [0.2, 0.25) is 0 Å². The molecule has 0 saturated carbocycles. The predicted octanol–water partition coefficient (Wildman–Crippen LogP) is 1.81. The lowest BCUT2D eigenvalue weighted by molar-refractivity contribution is 0.0894. The molecule has 0 aliphatic carbocycles. The van der Waals surface area contributed by atoms with Gasteiger partial charge in [-0.05, 0) is 46.8 Å². The SMILES string of the molecule is Cn1nnnc1N(C(=O)c1ccc(S(C)(=O)=O)cc1Cl)C(=O)c1ccc(S(C)(=O)=O)cc1Cl. The quantitative estimate of drug-likeness (QED) is 0.449. The first-order chi connectivity index (χ1) is 15.2. The van der Waals surface area contributed by atoms with E-state index in [-0.39, 0.29) is 36.9 Å². The minimum Gasteiger partial charge on any atom is -0.268 e. The van der Waals surface area contributed by atoms with Crippen LogP contribution in [0.2, 0.25) is 10.0 Å². The summed E-state index contributed by atoms with van der Waals surface area (Å²) >= 11 is 12.3. The fraction of sp³-hybridized carbons (Fsp3) is 0.167. The second kappa shape index (κ2) is 8.82. The predicted molar refractivity (Wildman–Crippen MR) is 119 cm³/mol. The van der Waals surface area contributed by atoms with Crippen LogP contribution < -0.4 is 4.90 Å². The number of halogens is 2. The lowest BCUT2D eigenvalue weighted by Gasteiger charge is -2.20. The first-order valence-electron chi connectivity index (χ1n) is 8.82. The summed E-state index contributed by atoms with van der Waals surface area (Å²) < 4.78 is 48.1. The molecule has 1 heterocycles. The van der Waals surface area contributed by atoms with Gasteiger partial charge in [0.15, 0.2) is 19.7 Å². The summed E-state index contributed by atoms with van der Waals surface area (Å²) in [5.41, 5.74) is -0.409. The van der Waals surface area contributed by atoms with E-state index in [1.807, 2.05) is 0 Å². The number of aromatic nitrogens is 4. The summed E-state index contributed by atoms with van der Waals surface area (Å²) in [5.74, 6) is -2.21. The molecule has 0 atom stereocenters. The lowest BCUT2D eigenvalue weighted by atomic mass is 10.1. The fourth-order valence-corrected chi connectivity index (χ4v) is 4.68. The number of rotatable bonds is 5. The van der Waals surface area contributed by atoms with Gasteiger partial charge in [0.05, 0.1) is 31.0 Å². The molecule has 0 saturated heterocycles. The van der Waals surface area contributed by atoms with Crippen molar-refractivity contribution < 1.29 is 26.4 Å². The summed E-state index contributed by atoms with van der Waals surface area (Å²) in [4.78, 5) is 27.1. The highest BCUT2D eigenvalue weighted by Crippen LogP contribution is 2.27. The van der Waals surface area contributed by atoms with Crippen molar-refractivity contribution in [3.8, 4) is 0 Å². The molecule has 174 valence electrons. The molecule has 0 bridgehead atoms. The van der Waals surface area contributed by atoms with Crippen molar-refractivity contribution in [2.75, 3.05) is 17.4 Å². The minimum atomic E-state index is -3.60. The number of benzene rings is 2. The van der Waals surface area contributed by atoms with Gasteiger partial charge in [-0.25, -0.2) is 26.4 Å². The van der Waals surface area contributed by atoms with Gasteiger partial charge in [-0.3, -0.25) is 9.59 Å². The number of sulfone groups is 2. The zero-order valence-electron chi connectivity index (χ0n) is 17.2. The van der Waals surface area contributed by atoms with E-state index in [0.29, 0.717) is 4.90 Å². The van der Waals surface area contributed by atoms with Gasteiger partial charge < -0.3 is 0 Å². The Kier molecular flexibility index (Phi) is 6.62. The second-order valence-corrected chi connectivity index (χ2v) is 11.7. The maximum atomic E-state index is 13.4. The Morgan fingerprint density at radius 3 is 1.58 bits per heavy atom. The molecule has 0 unspecified atom stereocenters. The third kappa shape index (κ3) is 5.05. The van der Waals surface area contributed by atoms with Gasteiger partial charge >= 0.3 is 0 Å². The molecule has 0 radical (unpaired) electrons. The van der Waals surface area contributed by atoms with Crippen LogP contribution in [0.4, 0.5) is 5.95 Å². The number of hydrogen-bond donors (Lipinski definition) is 0. The Labute approximate surface area is 198 Å². The number of nitrogens with zero attached hydrogens (tertiary/aromatic N) is 5. The molecule has 3 aromatic rings. The normalized spacial score (nSPS) is 11.9. The van der Waals surface area contributed by atoms with Crippen LogP contribution in [-0.4, -0.2) is 61.4 Å². The number of hydrogen-bond acceptors (Lipinski definition) is 9. The van der Waals surface area contributed by atoms with Gasteiger partial charge in [-0.1, -0.05) is 28.3 Å². The Hall–Kier alpha value is -2.87. The zero-order chi connectivity index (χ0) is 24.7. The Bertz CT molecular complexity index is 1410. The van der Waals surface area contributed by atoms with Crippen LogP contribution in [-0.2, 0) is 26.7 Å². The maximum Gasteiger partial charge on any atom is 0.269 e.